The maximum absolute atomic E-state index is 14.3. The van der Waals surface area contributed by atoms with Gasteiger partial charge in [-0.05, 0) is 96.3 Å². The van der Waals surface area contributed by atoms with Crippen molar-refractivity contribution in [2.75, 3.05) is 57.0 Å². The Hall–Kier alpha value is -11.1. The Morgan fingerprint density at radius 3 is 1.59 bits per heavy atom. The summed E-state index contributed by atoms with van der Waals surface area (Å²) in [4.78, 5) is 75.4. The predicted molar refractivity (Wildman–Crippen MR) is 347 cm³/mol. The van der Waals surface area contributed by atoms with E-state index in [1.54, 1.807) is 78.5 Å². The van der Waals surface area contributed by atoms with Crippen LogP contribution in [0.2, 0.25) is 0 Å². The van der Waals surface area contributed by atoms with Crippen molar-refractivity contribution in [3.63, 3.8) is 0 Å². The molecule has 0 saturated carbocycles. The molecular weight excluding hydrogens is 1150 g/mol. The second kappa shape index (κ2) is 26.1. The van der Waals surface area contributed by atoms with Gasteiger partial charge in [0.05, 0.1) is 17.7 Å². The van der Waals surface area contributed by atoms with Gasteiger partial charge >= 0.3 is 17.6 Å². The smallest absolute Gasteiger partial charge is 0.343 e. The summed E-state index contributed by atoms with van der Waals surface area (Å²) < 4.78 is 12.2. The van der Waals surface area contributed by atoms with E-state index in [4.69, 9.17) is 4.42 Å². The number of aromatic nitrogens is 3. The van der Waals surface area contributed by atoms with Crippen molar-refractivity contribution in [3.8, 4) is 45.3 Å². The van der Waals surface area contributed by atoms with Crippen LogP contribution < -0.4 is 44.5 Å². The standard InChI is InChI=1S/C72H62N8O9S/c1-75(2)49-30-36-78(37-31-49)64-57(63(72(87)88)65(79-38-32-50(33-39-79)76(3)4)66(68(64)90-53-12-8-7-9-13-53)80-40-34-51(35-41-80)77(5)6)26-20-45-16-21-47(22-17-45)69(83)73-43-46-18-23-48(24-19-46)70(84)74-44-59-60(82)29-28-58-62(54-14-10-11-15-55(54)71(85)86)56-27-25-52(81)42-61(56)89-67(58)59/h7-19,21-25,27-42H,20,26,43-44H2,1-6H3,(H2-3,73,74,81,82,83,84,85,86,87,88)/p+3. The average Bonchev–Trinajstić information content (AvgIpc) is 0.744. The van der Waals surface area contributed by atoms with Crippen LogP contribution in [0, 0.1) is 0 Å². The number of rotatable bonds is 20. The fraction of sp³-hybridized carbons (Fsp3) is 0.139. The molecule has 5 N–H and O–H groups in total. The van der Waals surface area contributed by atoms with Crippen LogP contribution in [-0.2, 0) is 25.9 Å². The number of carboxylic acid groups (broad SMARTS) is 2. The lowest BCUT2D eigenvalue weighted by atomic mass is 9.89. The van der Waals surface area contributed by atoms with Crippen molar-refractivity contribution < 1.29 is 52.6 Å². The highest BCUT2D eigenvalue weighted by atomic mass is 32.2. The molecule has 0 atom stereocenters. The number of aryl methyl sites for hydroxylation is 1. The topological polar surface area (TPSA) is 205 Å². The number of aromatic carboxylic acids is 2. The Balaban J connectivity index is 0.847. The van der Waals surface area contributed by atoms with Crippen molar-refractivity contribution in [1.82, 2.24) is 10.6 Å². The molecule has 6 aromatic carbocycles. The lowest BCUT2D eigenvalue weighted by Crippen LogP contribution is -2.44. The van der Waals surface area contributed by atoms with Gasteiger partial charge in [0, 0.05) is 146 Å². The van der Waals surface area contributed by atoms with E-state index in [1.165, 1.54) is 24.3 Å². The van der Waals surface area contributed by atoms with Gasteiger partial charge in [0.2, 0.25) is 5.69 Å². The minimum Gasteiger partial charge on any atom is -0.508 e. The van der Waals surface area contributed by atoms with Crippen molar-refractivity contribution in [2.45, 2.75) is 35.7 Å². The van der Waals surface area contributed by atoms with Crippen molar-refractivity contribution in [2.24, 2.45) is 0 Å². The van der Waals surface area contributed by atoms with E-state index in [0.717, 1.165) is 43.7 Å². The zero-order valence-electron chi connectivity index (χ0n) is 50.3. The third kappa shape index (κ3) is 12.7. The lowest BCUT2D eigenvalue weighted by Gasteiger charge is -2.19. The summed E-state index contributed by atoms with van der Waals surface area (Å²) in [7, 11) is 11.8. The van der Waals surface area contributed by atoms with Gasteiger partial charge in [0.1, 0.15) is 22.7 Å². The first-order chi connectivity index (χ1) is 43.4. The molecule has 1 aliphatic carbocycles. The largest absolute Gasteiger partial charge is 0.508 e. The molecule has 11 rings (SSSR count). The molecule has 1 aliphatic heterocycles. The average molecular weight is 1220 g/mol. The normalized spacial score (nSPS) is 11.1. The summed E-state index contributed by atoms with van der Waals surface area (Å²) in [5, 5.41) is 38.5. The molecular formula is C72H65N8O9S+3. The molecule has 0 spiro atoms. The highest BCUT2D eigenvalue weighted by Gasteiger charge is 2.42. The number of pyridine rings is 3. The number of hydrogen-bond acceptors (Lipinski definition) is 11. The number of carbonyl (C=O) groups is 4. The Morgan fingerprint density at radius 2 is 1.03 bits per heavy atom. The molecule has 18 heteroatoms. The summed E-state index contributed by atoms with van der Waals surface area (Å²) in [6.07, 6.45) is 12.5. The minimum absolute atomic E-state index is 0.0338. The number of nitrogens with one attached hydrogen (secondary N) is 2. The van der Waals surface area contributed by atoms with Gasteiger partial charge in [-0.15, -0.1) is 0 Å². The van der Waals surface area contributed by atoms with Crippen LogP contribution in [0.5, 0.6) is 5.75 Å². The van der Waals surface area contributed by atoms with Crippen molar-refractivity contribution >= 4 is 63.5 Å². The van der Waals surface area contributed by atoms with Crippen LogP contribution in [0.1, 0.15) is 63.7 Å². The van der Waals surface area contributed by atoms with Crippen molar-refractivity contribution in [1.29, 1.82) is 0 Å². The number of fused-ring (bicyclic) bond motifs is 2. The van der Waals surface area contributed by atoms with Crippen LogP contribution in [0.3, 0.4) is 0 Å². The molecule has 0 bridgehead atoms. The number of phenols is 1. The van der Waals surface area contributed by atoms with Gasteiger partial charge in [-0.3, -0.25) is 14.4 Å². The zero-order valence-corrected chi connectivity index (χ0v) is 51.2. The van der Waals surface area contributed by atoms with Crippen LogP contribution in [-0.4, -0.2) is 81.4 Å². The van der Waals surface area contributed by atoms with Gasteiger partial charge in [-0.1, -0.05) is 72.4 Å². The van der Waals surface area contributed by atoms with Crippen LogP contribution in [0.25, 0.3) is 50.5 Å². The second-order valence-corrected chi connectivity index (χ2v) is 23.3. The first kappa shape index (κ1) is 60.6. The molecule has 0 unspecified atom stereocenters. The molecule has 9 aromatic rings. The Labute approximate surface area is 524 Å². The summed E-state index contributed by atoms with van der Waals surface area (Å²) in [5.74, 6) is -3.00. The zero-order chi connectivity index (χ0) is 63.3. The lowest BCUT2D eigenvalue weighted by molar-refractivity contribution is -0.637. The summed E-state index contributed by atoms with van der Waals surface area (Å²) in [6.45, 7) is -0.0741. The first-order valence-corrected chi connectivity index (χ1v) is 29.8. The van der Waals surface area contributed by atoms with E-state index in [0.29, 0.717) is 63.0 Å². The van der Waals surface area contributed by atoms with E-state index < -0.39 is 23.3 Å². The maximum Gasteiger partial charge on any atom is 0.343 e. The van der Waals surface area contributed by atoms with E-state index in [2.05, 4.69) is 22.8 Å². The van der Waals surface area contributed by atoms with E-state index in [1.807, 2.05) is 175 Å². The van der Waals surface area contributed by atoms with Gasteiger partial charge in [-0.25, -0.2) is 9.59 Å². The highest BCUT2D eigenvalue weighted by molar-refractivity contribution is 7.99. The van der Waals surface area contributed by atoms with Gasteiger partial charge < -0.3 is 45.1 Å². The number of carboxylic acids is 2. The molecule has 2 amide bonds. The minimum atomic E-state index is -1.14. The Bertz CT molecular complexity index is 4540. The number of carbonyl (C=O) groups excluding carboxylic acids is 2. The predicted octanol–water partition coefficient (Wildman–Crippen LogP) is 10.5. The SMILES string of the molecule is CN(C)c1cc[n+](-c2c(CCc3ccc(C(=O)NCc4ccc(C(=O)NCc5c6oc7cc(O)ccc7c(-c7ccccc7C(=O)O)c-6ccc5=O)cc4)cc3)c(C(=O)O)c(-[n+]3ccc(N(C)C)cc3)c(-[n+]3ccc(N(C)C)cc3)c2Sc2ccccc2)cc1. The van der Waals surface area contributed by atoms with Gasteiger partial charge in [-0.2, -0.15) is 13.7 Å². The molecule has 3 aromatic heterocycles. The number of nitrogens with zero attached hydrogens (tertiary/aromatic N) is 6. The fourth-order valence-corrected chi connectivity index (χ4v) is 12.2. The van der Waals surface area contributed by atoms with Crippen LogP contribution in [0.4, 0.5) is 17.1 Å². The van der Waals surface area contributed by atoms with Gasteiger partial charge in [0.25, 0.3) is 17.5 Å². The fourth-order valence-electron chi connectivity index (χ4n) is 11.0. The van der Waals surface area contributed by atoms with E-state index >= 15 is 0 Å². The molecule has 450 valence electrons. The molecule has 17 nitrogen and oxygen atoms in total. The number of aromatic hydroxyl groups is 1. The number of benzene rings is 7. The Kier molecular flexibility index (Phi) is 17.5. The Morgan fingerprint density at radius 1 is 0.511 bits per heavy atom. The van der Waals surface area contributed by atoms with Crippen LogP contribution in [0.15, 0.2) is 226 Å². The van der Waals surface area contributed by atoms with Crippen LogP contribution >= 0.6 is 11.8 Å². The van der Waals surface area contributed by atoms with E-state index in [-0.39, 0.29) is 52.8 Å². The summed E-state index contributed by atoms with van der Waals surface area (Å²) in [6, 6.07) is 49.9. The molecule has 90 heavy (non-hydrogen) atoms. The number of amides is 2. The third-order valence-corrected chi connectivity index (χ3v) is 16.8. The summed E-state index contributed by atoms with van der Waals surface area (Å²) in [5.41, 5.74) is 9.15. The quantitative estimate of drug-likeness (QED) is 0.0356. The monoisotopic (exact) mass is 1220 g/mol. The number of anilines is 3. The second-order valence-electron chi connectivity index (χ2n) is 22.2. The number of hydrogen-bond donors (Lipinski definition) is 5. The number of phenolic OH excluding ortho intramolecular Hbond substituents is 1. The molecule has 0 radical (unpaired) electrons. The van der Waals surface area contributed by atoms with E-state index in [9.17, 15) is 39.3 Å². The molecule has 0 fully saturated rings. The highest BCUT2D eigenvalue weighted by Crippen LogP contribution is 2.44. The molecule has 0 saturated heterocycles. The van der Waals surface area contributed by atoms with Crippen molar-refractivity contribution in [3.05, 3.63) is 262 Å². The third-order valence-electron chi connectivity index (χ3n) is 15.7. The maximum atomic E-state index is 14.3. The first-order valence-electron chi connectivity index (χ1n) is 29.0. The van der Waals surface area contributed by atoms with Gasteiger partial charge in [0.15, 0.2) is 47.5 Å². The summed E-state index contributed by atoms with van der Waals surface area (Å²) >= 11 is 1.57. The molecule has 4 heterocycles. The molecule has 2 aliphatic rings.